The topological polar surface area (TPSA) is 53.9 Å². The molecule has 0 atom stereocenters. The first-order valence-electron chi connectivity index (χ1n) is 8.50. The van der Waals surface area contributed by atoms with Crippen LogP contribution in [0.4, 0.5) is 11.8 Å². The predicted molar refractivity (Wildman–Crippen MR) is 101 cm³/mol. The Morgan fingerprint density at radius 1 is 0.920 bits per heavy atom. The zero-order valence-electron chi connectivity index (χ0n) is 14.6. The molecule has 5 nitrogen and oxygen atoms in total. The summed E-state index contributed by atoms with van der Waals surface area (Å²) in [7, 11) is 0. The number of nitrogens with zero attached hydrogens (tertiary/aromatic N) is 4. The van der Waals surface area contributed by atoms with E-state index in [-0.39, 0.29) is 0 Å². The molecule has 3 rings (SSSR count). The summed E-state index contributed by atoms with van der Waals surface area (Å²) >= 11 is 0. The van der Waals surface area contributed by atoms with Gasteiger partial charge in [-0.3, -0.25) is 4.98 Å². The third-order valence-electron chi connectivity index (χ3n) is 3.90. The van der Waals surface area contributed by atoms with Gasteiger partial charge in [0.2, 0.25) is 5.95 Å². The highest BCUT2D eigenvalue weighted by Gasteiger charge is 2.14. The predicted octanol–water partition coefficient (Wildman–Crippen LogP) is 3.90. The SMILES string of the molecule is CC(C)N(Cc1ccccc1)c1nccc(NCc2ccccn2)n1. The molecule has 2 heterocycles. The van der Waals surface area contributed by atoms with Gasteiger partial charge in [-0.15, -0.1) is 0 Å². The fourth-order valence-corrected chi connectivity index (χ4v) is 2.53. The maximum absolute atomic E-state index is 4.68. The fraction of sp³-hybridized carbons (Fsp3) is 0.250. The molecule has 1 N–H and O–H groups in total. The number of pyridine rings is 1. The average molecular weight is 333 g/mol. The summed E-state index contributed by atoms with van der Waals surface area (Å²) in [6.07, 6.45) is 3.59. The van der Waals surface area contributed by atoms with Crippen LogP contribution < -0.4 is 10.2 Å². The van der Waals surface area contributed by atoms with Gasteiger partial charge in [0.05, 0.1) is 12.2 Å². The molecule has 0 aliphatic heterocycles. The lowest BCUT2D eigenvalue weighted by Gasteiger charge is -2.27. The third kappa shape index (κ3) is 4.76. The fourth-order valence-electron chi connectivity index (χ4n) is 2.53. The van der Waals surface area contributed by atoms with E-state index in [0.29, 0.717) is 12.6 Å². The second kappa shape index (κ2) is 8.24. The summed E-state index contributed by atoms with van der Waals surface area (Å²) < 4.78 is 0. The van der Waals surface area contributed by atoms with Gasteiger partial charge in [-0.2, -0.15) is 4.98 Å². The quantitative estimate of drug-likeness (QED) is 0.711. The van der Waals surface area contributed by atoms with Crippen molar-refractivity contribution in [1.29, 1.82) is 0 Å². The monoisotopic (exact) mass is 333 g/mol. The molecule has 2 aromatic heterocycles. The van der Waals surface area contributed by atoms with Crippen LogP contribution in [0.1, 0.15) is 25.1 Å². The van der Waals surface area contributed by atoms with Crippen molar-refractivity contribution in [3.05, 3.63) is 78.2 Å². The van der Waals surface area contributed by atoms with E-state index in [1.807, 2.05) is 30.3 Å². The van der Waals surface area contributed by atoms with Crippen molar-refractivity contribution in [2.75, 3.05) is 10.2 Å². The molecule has 0 unspecified atom stereocenters. The summed E-state index contributed by atoms with van der Waals surface area (Å²) in [6.45, 7) is 5.72. The van der Waals surface area contributed by atoms with Gasteiger partial charge in [-0.05, 0) is 37.6 Å². The first-order valence-corrected chi connectivity index (χ1v) is 8.50. The second-order valence-corrected chi connectivity index (χ2v) is 6.12. The Morgan fingerprint density at radius 2 is 1.72 bits per heavy atom. The average Bonchev–Trinajstić information content (AvgIpc) is 2.66. The van der Waals surface area contributed by atoms with Gasteiger partial charge in [-0.25, -0.2) is 4.98 Å². The van der Waals surface area contributed by atoms with Gasteiger partial charge in [0.25, 0.3) is 0 Å². The highest BCUT2D eigenvalue weighted by atomic mass is 15.3. The van der Waals surface area contributed by atoms with E-state index in [0.717, 1.165) is 24.0 Å². The molecule has 0 radical (unpaired) electrons. The summed E-state index contributed by atoms with van der Waals surface area (Å²) in [5.41, 5.74) is 2.22. The number of hydrogen-bond donors (Lipinski definition) is 1. The van der Waals surface area contributed by atoms with Gasteiger partial charge in [0, 0.05) is 25.0 Å². The number of aromatic nitrogens is 3. The molecule has 0 saturated carbocycles. The molecule has 0 aliphatic rings. The van der Waals surface area contributed by atoms with E-state index >= 15 is 0 Å². The lowest BCUT2D eigenvalue weighted by Crippen LogP contribution is -2.31. The molecule has 25 heavy (non-hydrogen) atoms. The number of nitrogens with one attached hydrogen (secondary N) is 1. The molecule has 1 aromatic carbocycles. The van der Waals surface area contributed by atoms with E-state index in [2.05, 4.69) is 63.3 Å². The van der Waals surface area contributed by atoms with Crippen molar-refractivity contribution in [3.8, 4) is 0 Å². The van der Waals surface area contributed by atoms with Crippen LogP contribution in [-0.2, 0) is 13.1 Å². The van der Waals surface area contributed by atoms with Crippen LogP contribution in [-0.4, -0.2) is 21.0 Å². The van der Waals surface area contributed by atoms with Crippen molar-refractivity contribution in [3.63, 3.8) is 0 Å². The van der Waals surface area contributed by atoms with Gasteiger partial charge in [0.1, 0.15) is 5.82 Å². The van der Waals surface area contributed by atoms with Crippen LogP contribution in [0.15, 0.2) is 67.0 Å². The maximum atomic E-state index is 4.68. The number of hydrogen-bond acceptors (Lipinski definition) is 5. The van der Waals surface area contributed by atoms with E-state index in [4.69, 9.17) is 0 Å². The molecule has 128 valence electrons. The standard InChI is InChI=1S/C20H23N5/c1-16(2)25(15-17-8-4-3-5-9-17)20-22-13-11-19(24-20)23-14-18-10-6-7-12-21-18/h3-13,16H,14-15H2,1-2H3,(H,22,23,24). The smallest absolute Gasteiger partial charge is 0.227 e. The van der Waals surface area contributed by atoms with Crippen LogP contribution in [0, 0.1) is 0 Å². The summed E-state index contributed by atoms with van der Waals surface area (Å²) in [5, 5.41) is 3.32. The number of benzene rings is 1. The molecule has 0 amide bonds. The van der Waals surface area contributed by atoms with Crippen LogP contribution in [0.5, 0.6) is 0 Å². The zero-order chi connectivity index (χ0) is 17.5. The Hall–Kier alpha value is -2.95. The maximum Gasteiger partial charge on any atom is 0.227 e. The Labute approximate surface area is 148 Å². The Kier molecular flexibility index (Phi) is 5.57. The Morgan fingerprint density at radius 3 is 2.44 bits per heavy atom. The van der Waals surface area contributed by atoms with E-state index < -0.39 is 0 Å². The molecule has 0 fully saturated rings. The molecule has 0 saturated heterocycles. The van der Waals surface area contributed by atoms with Crippen LogP contribution in [0.2, 0.25) is 0 Å². The van der Waals surface area contributed by atoms with E-state index in [1.54, 1.807) is 12.4 Å². The molecule has 0 aliphatic carbocycles. The third-order valence-corrected chi connectivity index (χ3v) is 3.90. The largest absolute Gasteiger partial charge is 0.364 e. The molecular weight excluding hydrogens is 310 g/mol. The summed E-state index contributed by atoms with van der Waals surface area (Å²) in [6, 6.07) is 18.5. The number of rotatable bonds is 7. The highest BCUT2D eigenvalue weighted by molar-refractivity contribution is 5.42. The van der Waals surface area contributed by atoms with Crippen molar-refractivity contribution in [2.45, 2.75) is 33.0 Å². The van der Waals surface area contributed by atoms with Crippen molar-refractivity contribution < 1.29 is 0 Å². The van der Waals surface area contributed by atoms with Crippen molar-refractivity contribution in [2.24, 2.45) is 0 Å². The summed E-state index contributed by atoms with van der Waals surface area (Å²) in [5.74, 6) is 1.53. The van der Waals surface area contributed by atoms with Crippen molar-refractivity contribution >= 4 is 11.8 Å². The van der Waals surface area contributed by atoms with Gasteiger partial charge < -0.3 is 10.2 Å². The lowest BCUT2D eigenvalue weighted by molar-refractivity contribution is 0.661. The normalized spacial score (nSPS) is 10.7. The van der Waals surface area contributed by atoms with Crippen LogP contribution >= 0.6 is 0 Å². The van der Waals surface area contributed by atoms with Gasteiger partial charge in [-0.1, -0.05) is 36.4 Å². The van der Waals surface area contributed by atoms with Crippen LogP contribution in [0.3, 0.4) is 0 Å². The molecule has 3 aromatic rings. The number of anilines is 2. The van der Waals surface area contributed by atoms with Crippen LogP contribution in [0.25, 0.3) is 0 Å². The van der Waals surface area contributed by atoms with E-state index in [9.17, 15) is 0 Å². The Bertz CT molecular complexity index is 774. The minimum Gasteiger partial charge on any atom is -0.364 e. The summed E-state index contributed by atoms with van der Waals surface area (Å²) in [4.78, 5) is 15.7. The minimum atomic E-state index is 0.297. The molecular formula is C20H23N5. The molecule has 5 heteroatoms. The first-order chi connectivity index (χ1) is 12.2. The highest BCUT2D eigenvalue weighted by Crippen LogP contribution is 2.17. The minimum absolute atomic E-state index is 0.297. The molecule has 0 bridgehead atoms. The zero-order valence-corrected chi connectivity index (χ0v) is 14.6. The molecule has 0 spiro atoms. The van der Waals surface area contributed by atoms with Gasteiger partial charge in [0.15, 0.2) is 0 Å². The second-order valence-electron chi connectivity index (χ2n) is 6.12. The Balaban J connectivity index is 1.73. The lowest BCUT2D eigenvalue weighted by atomic mass is 10.2. The van der Waals surface area contributed by atoms with Crippen molar-refractivity contribution in [1.82, 2.24) is 15.0 Å². The van der Waals surface area contributed by atoms with Gasteiger partial charge >= 0.3 is 0 Å². The van der Waals surface area contributed by atoms with E-state index in [1.165, 1.54) is 5.56 Å². The first kappa shape index (κ1) is 16.9.